The summed E-state index contributed by atoms with van der Waals surface area (Å²) in [6.45, 7) is 0.827. The van der Waals surface area contributed by atoms with Crippen LogP contribution in [0.5, 0.6) is 0 Å². The minimum Gasteiger partial charge on any atom is -0.368 e. The van der Waals surface area contributed by atoms with Crippen molar-refractivity contribution in [1.82, 2.24) is 0 Å². The van der Waals surface area contributed by atoms with Gasteiger partial charge in [0.05, 0.1) is 6.61 Å². The van der Waals surface area contributed by atoms with Crippen LogP contribution in [0.3, 0.4) is 0 Å². The van der Waals surface area contributed by atoms with Crippen LogP contribution in [0.4, 0.5) is 0 Å². The molecule has 13 heteroatoms. The molecule has 1 atom stereocenters. The molecular formula is C8H5Br3N6O3S. The Bertz CT molecular complexity index is 714. The van der Waals surface area contributed by atoms with E-state index in [1.165, 1.54) is 5.56 Å². The molecule has 0 aliphatic carbocycles. The zero-order chi connectivity index (χ0) is 16.0. The van der Waals surface area contributed by atoms with Crippen molar-refractivity contribution in [3.8, 4) is 0 Å². The maximum atomic E-state index is 9.99. The van der Waals surface area contributed by atoms with Crippen molar-refractivity contribution in [3.05, 3.63) is 52.0 Å². The lowest BCUT2D eigenvalue weighted by atomic mass is 10.2. The molecule has 0 amide bonds. The first-order valence-corrected chi connectivity index (χ1v) is 8.72. The van der Waals surface area contributed by atoms with Gasteiger partial charge in [0.25, 0.3) is 0 Å². The van der Waals surface area contributed by atoms with Crippen molar-refractivity contribution in [2.75, 3.05) is 6.61 Å². The number of rotatable bonds is 3. The van der Waals surface area contributed by atoms with E-state index in [-0.39, 0.29) is 6.10 Å². The number of benzene rings is 1. The van der Waals surface area contributed by atoms with Crippen LogP contribution in [0, 0.1) is 0 Å². The number of halogens is 3. The number of epoxide rings is 1. The fraction of sp³-hybridized carbons (Fsp3) is 0.250. The molecule has 0 saturated carbocycles. The summed E-state index contributed by atoms with van der Waals surface area (Å²) in [5.74, 6) is 0. The second kappa shape index (κ2) is 7.99. The molecule has 1 aliphatic rings. The van der Waals surface area contributed by atoms with Gasteiger partial charge in [0.2, 0.25) is 0 Å². The summed E-state index contributed by atoms with van der Waals surface area (Å²) in [6, 6.07) is 4.02. The van der Waals surface area contributed by atoms with E-state index in [2.05, 4.69) is 56.8 Å². The Kier molecular flexibility index (Phi) is 6.94. The van der Waals surface area contributed by atoms with E-state index >= 15 is 0 Å². The molecule has 1 saturated heterocycles. The van der Waals surface area contributed by atoms with E-state index in [1.54, 1.807) is 0 Å². The van der Waals surface area contributed by atoms with Gasteiger partial charge in [-0.15, -0.1) is 0 Å². The van der Waals surface area contributed by atoms with Gasteiger partial charge >= 0.3 is 10.2 Å². The van der Waals surface area contributed by atoms with Gasteiger partial charge in [0, 0.05) is 37.8 Å². The first kappa shape index (κ1) is 18.2. The Hall–Kier alpha value is -0.810. The van der Waals surface area contributed by atoms with E-state index in [4.69, 9.17) is 15.8 Å². The predicted molar refractivity (Wildman–Crippen MR) is 85.4 cm³/mol. The summed E-state index contributed by atoms with van der Waals surface area (Å²) in [7, 11) is -4.27. The fourth-order valence-electron chi connectivity index (χ4n) is 1.16. The maximum Gasteiger partial charge on any atom is 0.321 e. The third kappa shape index (κ3) is 5.83. The molecule has 21 heavy (non-hydrogen) atoms. The minimum absolute atomic E-state index is 0.270. The van der Waals surface area contributed by atoms with E-state index in [0.29, 0.717) is 0 Å². The normalized spacial score (nSPS) is 15.9. The van der Waals surface area contributed by atoms with Crippen LogP contribution in [-0.2, 0) is 14.9 Å². The molecule has 1 aromatic rings. The molecule has 1 unspecified atom stereocenters. The molecule has 0 aromatic heterocycles. The second-order valence-electron chi connectivity index (χ2n) is 3.37. The highest BCUT2D eigenvalue weighted by molar-refractivity contribution is 9.13. The highest BCUT2D eigenvalue weighted by Crippen LogP contribution is 2.42. The largest absolute Gasteiger partial charge is 0.368 e. The van der Waals surface area contributed by atoms with Gasteiger partial charge in [0.15, 0.2) is 0 Å². The number of hydrogen-bond donors (Lipinski definition) is 0. The predicted octanol–water partition coefficient (Wildman–Crippen LogP) is 4.90. The third-order valence-electron chi connectivity index (χ3n) is 2.01. The molecule has 1 fully saturated rings. The quantitative estimate of drug-likeness (QED) is 0.190. The van der Waals surface area contributed by atoms with E-state index in [0.717, 1.165) is 20.0 Å². The average molecular weight is 505 g/mol. The van der Waals surface area contributed by atoms with Crippen molar-refractivity contribution in [2.24, 2.45) is 9.04 Å². The van der Waals surface area contributed by atoms with E-state index in [1.807, 2.05) is 22.0 Å². The molecular weight excluding hydrogens is 500 g/mol. The van der Waals surface area contributed by atoms with Crippen LogP contribution in [0.2, 0.25) is 0 Å². The Morgan fingerprint density at radius 1 is 1.14 bits per heavy atom. The summed E-state index contributed by atoms with van der Waals surface area (Å²) < 4.78 is 32.8. The molecule has 0 spiro atoms. The zero-order valence-corrected chi connectivity index (χ0v) is 15.5. The first-order chi connectivity index (χ1) is 9.82. The zero-order valence-electron chi connectivity index (χ0n) is 9.89. The molecule has 0 bridgehead atoms. The standard InChI is InChI=1S/C8H5Br3O.N6O2S/c9-4-1-2-5(10)8(11)7(4)6-3-12-6;1-3-5-9(7,8)6-4-2/h1-2,6H,3H2;. The number of azide groups is 1. The van der Waals surface area contributed by atoms with Gasteiger partial charge < -0.3 is 4.74 Å². The Morgan fingerprint density at radius 2 is 1.62 bits per heavy atom. The lowest BCUT2D eigenvalue weighted by Crippen LogP contribution is -1.86. The lowest BCUT2D eigenvalue weighted by molar-refractivity contribution is 0.414. The Balaban J connectivity index is 0.000000222. The topological polar surface area (TPSA) is 144 Å². The van der Waals surface area contributed by atoms with Crippen molar-refractivity contribution < 1.29 is 13.2 Å². The van der Waals surface area contributed by atoms with Gasteiger partial charge in [-0.25, -0.2) is 8.42 Å². The molecule has 1 aliphatic heterocycles. The second-order valence-corrected chi connectivity index (χ2v) is 7.09. The smallest absolute Gasteiger partial charge is 0.321 e. The van der Waals surface area contributed by atoms with Gasteiger partial charge in [-0.3, -0.25) is 0 Å². The fourth-order valence-corrected chi connectivity index (χ4v) is 3.18. The molecule has 9 nitrogen and oxygen atoms in total. The first-order valence-electron chi connectivity index (χ1n) is 4.95. The minimum atomic E-state index is -4.27. The monoisotopic (exact) mass is 502 g/mol. The van der Waals surface area contributed by atoms with Crippen molar-refractivity contribution in [3.63, 3.8) is 0 Å². The van der Waals surface area contributed by atoms with Crippen LogP contribution in [0.15, 0.2) is 34.6 Å². The highest BCUT2D eigenvalue weighted by atomic mass is 79.9. The van der Waals surface area contributed by atoms with Crippen LogP contribution in [0.1, 0.15) is 11.7 Å². The van der Waals surface area contributed by atoms with Crippen molar-refractivity contribution in [2.45, 2.75) is 6.10 Å². The average Bonchev–Trinajstić information content (AvgIpc) is 3.19. The summed E-state index contributed by atoms with van der Waals surface area (Å²) in [5.41, 5.74) is 16.2. The van der Waals surface area contributed by atoms with Crippen LogP contribution in [0.25, 0.3) is 20.9 Å². The summed E-state index contributed by atoms with van der Waals surface area (Å²) >= 11 is 10.5. The van der Waals surface area contributed by atoms with Crippen molar-refractivity contribution in [1.29, 1.82) is 0 Å². The molecule has 0 radical (unpaired) electrons. The van der Waals surface area contributed by atoms with Gasteiger partial charge in [-0.05, 0) is 55.1 Å². The molecule has 1 aromatic carbocycles. The summed E-state index contributed by atoms with van der Waals surface area (Å²) in [6.07, 6.45) is 0.270. The Labute approximate surface area is 144 Å². The van der Waals surface area contributed by atoms with Crippen molar-refractivity contribution >= 4 is 58.0 Å². The summed E-state index contributed by atoms with van der Waals surface area (Å²) in [5, 5.41) is 0. The van der Waals surface area contributed by atoms with Crippen LogP contribution < -0.4 is 0 Å². The van der Waals surface area contributed by atoms with Gasteiger partial charge in [0.1, 0.15) is 6.10 Å². The molecule has 112 valence electrons. The number of nitrogens with zero attached hydrogens (tertiary/aromatic N) is 6. The molecule has 1 heterocycles. The van der Waals surface area contributed by atoms with Gasteiger partial charge in [-0.1, -0.05) is 15.9 Å². The lowest BCUT2D eigenvalue weighted by Gasteiger charge is -2.05. The third-order valence-corrected chi connectivity index (χ3v) is 5.31. The van der Waals surface area contributed by atoms with Crippen LogP contribution >= 0.6 is 47.8 Å². The summed E-state index contributed by atoms with van der Waals surface area (Å²) in [4.78, 5) is 3.80. The number of hydrogen-bond acceptors (Lipinski definition) is 3. The van der Waals surface area contributed by atoms with Crippen LogP contribution in [-0.4, -0.2) is 15.0 Å². The van der Waals surface area contributed by atoms with E-state index < -0.39 is 10.2 Å². The highest BCUT2D eigenvalue weighted by Gasteiger charge is 2.29. The molecule has 0 N–H and O–H groups in total. The SMILES string of the molecule is Brc1ccc(Br)c(C2CO2)c1Br.[N-]=[N+]=NS(=O)(=O)N=[N+]=[N-]. The number of ether oxygens (including phenoxy) is 1. The molecule has 2 rings (SSSR count). The maximum absolute atomic E-state index is 9.99. The Morgan fingerprint density at radius 3 is 2.05 bits per heavy atom. The van der Waals surface area contributed by atoms with Gasteiger partial charge in [-0.2, -0.15) is 0 Å². The van der Waals surface area contributed by atoms with E-state index in [9.17, 15) is 8.42 Å².